The molecule has 1 aromatic heterocycles. The van der Waals surface area contributed by atoms with Crippen molar-refractivity contribution in [2.75, 3.05) is 20.2 Å². The van der Waals surface area contributed by atoms with E-state index in [-0.39, 0.29) is 36.1 Å². The molecule has 1 aliphatic carbocycles. The number of aromatic nitrogens is 1. The zero-order valence-corrected chi connectivity index (χ0v) is 18.2. The van der Waals surface area contributed by atoms with E-state index in [1.165, 1.54) is 0 Å². The van der Waals surface area contributed by atoms with Crippen LogP contribution in [-0.2, 0) is 11.3 Å². The number of nitrogens with zero attached hydrogens (tertiary/aromatic N) is 2. The summed E-state index contributed by atoms with van der Waals surface area (Å²) in [5.41, 5.74) is 0.937. The average molecular weight is 479 g/mol. The topological polar surface area (TPSA) is 101 Å². The lowest BCUT2D eigenvalue weighted by atomic mass is 10.1. The van der Waals surface area contributed by atoms with Crippen LogP contribution in [-0.4, -0.2) is 43.5 Å². The number of halogens is 1. The maximum Gasteiger partial charge on any atom is 0.407 e. The number of alkyl carbamates (subject to hydrolysis) is 1. The Hall–Kier alpha value is -1.52. The van der Waals surface area contributed by atoms with E-state index in [0.29, 0.717) is 37.5 Å². The minimum absolute atomic E-state index is 0. The van der Waals surface area contributed by atoms with Crippen LogP contribution in [0.4, 0.5) is 4.79 Å². The fourth-order valence-electron chi connectivity index (χ4n) is 2.44. The molecular formula is C17H30IN5O3. The number of rotatable bonds is 8. The summed E-state index contributed by atoms with van der Waals surface area (Å²) < 4.78 is 10.3. The highest BCUT2D eigenvalue weighted by Gasteiger charge is 2.32. The van der Waals surface area contributed by atoms with Crippen molar-refractivity contribution in [3.8, 4) is 0 Å². The fraction of sp³-hybridized carbons (Fsp3) is 0.706. The minimum Gasteiger partial charge on any atom is -0.450 e. The van der Waals surface area contributed by atoms with Gasteiger partial charge in [-0.3, -0.25) is 4.99 Å². The number of aliphatic imine (C=N–C) groups is 1. The molecule has 0 radical (unpaired) electrons. The van der Waals surface area contributed by atoms with Crippen LogP contribution in [0.2, 0.25) is 0 Å². The predicted molar refractivity (Wildman–Crippen MR) is 111 cm³/mol. The Kier molecular flexibility index (Phi) is 9.74. The maximum atomic E-state index is 11.6. The van der Waals surface area contributed by atoms with Gasteiger partial charge in [-0.15, -0.1) is 24.0 Å². The number of hydrogen-bond acceptors (Lipinski definition) is 5. The number of carbonyl (C=O) groups is 1. The quantitative estimate of drug-likeness (QED) is 0.301. The van der Waals surface area contributed by atoms with Crippen molar-refractivity contribution in [3.05, 3.63) is 17.5 Å². The molecule has 0 aliphatic heterocycles. The summed E-state index contributed by atoms with van der Waals surface area (Å²) >= 11 is 0. The summed E-state index contributed by atoms with van der Waals surface area (Å²) in [5.74, 6) is 2.25. The predicted octanol–water partition coefficient (Wildman–Crippen LogP) is 2.61. The van der Waals surface area contributed by atoms with E-state index in [4.69, 9.17) is 9.26 Å². The van der Waals surface area contributed by atoms with Crippen molar-refractivity contribution in [3.63, 3.8) is 0 Å². The summed E-state index contributed by atoms with van der Waals surface area (Å²) in [5, 5.41) is 13.4. The van der Waals surface area contributed by atoms with Crippen LogP contribution in [0, 0.1) is 5.92 Å². The molecular weight excluding hydrogens is 449 g/mol. The number of amides is 1. The lowest BCUT2D eigenvalue weighted by Crippen LogP contribution is -2.48. The van der Waals surface area contributed by atoms with Gasteiger partial charge >= 0.3 is 6.09 Å². The average Bonchev–Trinajstić information content (AvgIpc) is 3.31. The third-order valence-electron chi connectivity index (χ3n) is 4.08. The Morgan fingerprint density at radius 1 is 1.42 bits per heavy atom. The van der Waals surface area contributed by atoms with Crippen LogP contribution in [0.5, 0.6) is 0 Å². The van der Waals surface area contributed by atoms with Crippen LogP contribution in [0.1, 0.15) is 51.0 Å². The lowest BCUT2D eigenvalue weighted by Gasteiger charge is -2.20. The molecule has 0 bridgehead atoms. The molecule has 1 aromatic rings. The van der Waals surface area contributed by atoms with Gasteiger partial charge < -0.3 is 25.2 Å². The van der Waals surface area contributed by atoms with Gasteiger partial charge in [0, 0.05) is 19.7 Å². The summed E-state index contributed by atoms with van der Waals surface area (Å²) in [6.07, 6.45) is 1.88. The Bertz CT molecular complexity index is 587. The van der Waals surface area contributed by atoms with Crippen molar-refractivity contribution in [1.29, 1.82) is 0 Å². The first kappa shape index (κ1) is 22.5. The SMILES string of the molecule is CCOC(=O)NC(CNC(=NC)NCc1cc(C(C)C)no1)C1CC1.I. The number of carbonyl (C=O) groups excluding carboxylic acids is 1. The zero-order chi connectivity index (χ0) is 18.2. The van der Waals surface area contributed by atoms with Gasteiger partial charge in [0.15, 0.2) is 11.7 Å². The van der Waals surface area contributed by atoms with Gasteiger partial charge in [0.05, 0.1) is 24.9 Å². The molecule has 0 aromatic carbocycles. The minimum atomic E-state index is -0.368. The highest BCUT2D eigenvalue weighted by Crippen LogP contribution is 2.32. The highest BCUT2D eigenvalue weighted by molar-refractivity contribution is 14.0. The van der Waals surface area contributed by atoms with Gasteiger partial charge in [0.2, 0.25) is 0 Å². The molecule has 2 rings (SSSR count). The molecule has 1 unspecified atom stereocenters. The van der Waals surface area contributed by atoms with Crippen LogP contribution in [0.3, 0.4) is 0 Å². The van der Waals surface area contributed by atoms with E-state index >= 15 is 0 Å². The van der Waals surface area contributed by atoms with Crippen molar-refractivity contribution in [1.82, 2.24) is 21.1 Å². The van der Waals surface area contributed by atoms with E-state index in [9.17, 15) is 4.79 Å². The second kappa shape index (κ2) is 11.2. The Balaban J connectivity index is 0.00000338. The Morgan fingerprint density at radius 2 is 2.15 bits per heavy atom. The van der Waals surface area contributed by atoms with Crippen molar-refractivity contribution in [2.24, 2.45) is 10.9 Å². The molecule has 1 saturated carbocycles. The van der Waals surface area contributed by atoms with Gasteiger partial charge in [-0.05, 0) is 31.6 Å². The lowest BCUT2D eigenvalue weighted by molar-refractivity contribution is 0.146. The van der Waals surface area contributed by atoms with E-state index in [0.717, 1.165) is 24.3 Å². The molecule has 1 fully saturated rings. The van der Waals surface area contributed by atoms with Gasteiger partial charge in [-0.2, -0.15) is 0 Å². The molecule has 9 heteroatoms. The summed E-state index contributed by atoms with van der Waals surface area (Å²) in [4.78, 5) is 15.8. The summed E-state index contributed by atoms with van der Waals surface area (Å²) in [6, 6.07) is 1.98. The van der Waals surface area contributed by atoms with E-state index < -0.39 is 0 Å². The maximum absolute atomic E-state index is 11.6. The van der Waals surface area contributed by atoms with Gasteiger partial charge in [-0.1, -0.05) is 19.0 Å². The molecule has 1 aliphatic rings. The van der Waals surface area contributed by atoms with Crippen LogP contribution < -0.4 is 16.0 Å². The second-order valence-corrected chi connectivity index (χ2v) is 6.49. The van der Waals surface area contributed by atoms with Crippen LogP contribution in [0.15, 0.2) is 15.6 Å². The van der Waals surface area contributed by atoms with Gasteiger partial charge in [-0.25, -0.2) is 4.79 Å². The van der Waals surface area contributed by atoms with Crippen molar-refractivity contribution in [2.45, 2.75) is 52.1 Å². The van der Waals surface area contributed by atoms with E-state index in [1.54, 1.807) is 14.0 Å². The van der Waals surface area contributed by atoms with Crippen molar-refractivity contribution < 1.29 is 14.1 Å². The second-order valence-electron chi connectivity index (χ2n) is 6.49. The smallest absolute Gasteiger partial charge is 0.407 e. The molecule has 1 heterocycles. The molecule has 1 atom stereocenters. The molecule has 0 spiro atoms. The van der Waals surface area contributed by atoms with E-state index in [2.05, 4.69) is 39.9 Å². The summed E-state index contributed by atoms with van der Waals surface area (Å²) in [6.45, 7) is 7.41. The molecule has 26 heavy (non-hydrogen) atoms. The van der Waals surface area contributed by atoms with Crippen LogP contribution >= 0.6 is 24.0 Å². The number of ether oxygens (including phenoxy) is 1. The Labute approximate surface area is 171 Å². The molecule has 0 saturated heterocycles. The third-order valence-corrected chi connectivity index (χ3v) is 4.08. The molecule has 1 amide bonds. The Morgan fingerprint density at radius 3 is 2.69 bits per heavy atom. The summed E-state index contributed by atoms with van der Waals surface area (Å²) in [7, 11) is 1.71. The number of guanidine groups is 1. The monoisotopic (exact) mass is 479 g/mol. The van der Waals surface area contributed by atoms with Crippen molar-refractivity contribution >= 4 is 36.0 Å². The van der Waals surface area contributed by atoms with E-state index in [1.807, 2.05) is 6.07 Å². The first-order valence-electron chi connectivity index (χ1n) is 8.86. The zero-order valence-electron chi connectivity index (χ0n) is 15.9. The van der Waals surface area contributed by atoms with Gasteiger partial charge in [0.1, 0.15) is 0 Å². The molecule has 148 valence electrons. The van der Waals surface area contributed by atoms with Crippen LogP contribution in [0.25, 0.3) is 0 Å². The molecule has 3 N–H and O–H groups in total. The first-order chi connectivity index (χ1) is 12.0. The highest BCUT2D eigenvalue weighted by atomic mass is 127. The third kappa shape index (κ3) is 7.38. The number of nitrogens with one attached hydrogen (secondary N) is 3. The normalized spacial score (nSPS) is 15.2. The number of hydrogen-bond donors (Lipinski definition) is 3. The first-order valence-corrected chi connectivity index (χ1v) is 8.86. The largest absolute Gasteiger partial charge is 0.450 e. The van der Waals surface area contributed by atoms with Gasteiger partial charge in [0.25, 0.3) is 0 Å². The fourth-order valence-corrected chi connectivity index (χ4v) is 2.44. The molecule has 8 nitrogen and oxygen atoms in total. The standard InChI is InChI=1S/C17H29N5O3.HI/c1-5-24-17(23)21-15(12-6-7-12)10-20-16(18-4)19-9-13-8-14(11(2)3)22-25-13;/h8,11-12,15H,5-7,9-10H2,1-4H3,(H,21,23)(H2,18,19,20);1H.